The predicted molar refractivity (Wildman–Crippen MR) is 104 cm³/mol. The molecule has 4 aromatic rings. The highest BCUT2D eigenvalue weighted by atomic mass is 16.4. The van der Waals surface area contributed by atoms with Crippen LogP contribution in [0.5, 0.6) is 0 Å². The Labute approximate surface area is 155 Å². The fraction of sp³-hybridized carbons (Fsp3) is 0. The number of pyridine rings is 1. The highest BCUT2D eigenvalue weighted by Crippen LogP contribution is 2.32. The highest BCUT2D eigenvalue weighted by Gasteiger charge is 2.17. The minimum Gasteiger partial charge on any atom is -0.478 e. The van der Waals surface area contributed by atoms with E-state index in [1.54, 1.807) is 24.4 Å². The molecule has 4 rings (SSSR count). The number of aromatic carboxylic acids is 1. The van der Waals surface area contributed by atoms with Crippen molar-refractivity contribution < 1.29 is 9.90 Å². The van der Waals surface area contributed by atoms with Gasteiger partial charge in [0.25, 0.3) is 0 Å². The molecule has 2 aromatic heterocycles. The molecule has 0 spiro atoms. The summed E-state index contributed by atoms with van der Waals surface area (Å²) in [6.45, 7) is 0. The molecular formula is C21H14N4O2. The zero-order chi connectivity index (χ0) is 18.8. The number of fused-ring (bicyclic) bond motifs is 1. The number of carboxylic acids is 1. The molecule has 0 atom stereocenters. The van der Waals surface area contributed by atoms with Crippen molar-refractivity contribution in [3.8, 4) is 23.9 Å². The highest BCUT2D eigenvalue weighted by molar-refractivity contribution is 5.98. The van der Waals surface area contributed by atoms with Crippen LogP contribution in [0.4, 0.5) is 11.4 Å². The van der Waals surface area contributed by atoms with E-state index in [0.29, 0.717) is 11.4 Å². The number of carbonyl (C=O) groups is 1. The lowest BCUT2D eigenvalue weighted by molar-refractivity contribution is 0.0698. The van der Waals surface area contributed by atoms with E-state index in [0.717, 1.165) is 22.3 Å². The van der Waals surface area contributed by atoms with Crippen LogP contribution >= 0.6 is 0 Å². The average Bonchev–Trinajstić information content (AvgIpc) is 3.13. The fourth-order valence-electron chi connectivity index (χ4n) is 2.98. The van der Waals surface area contributed by atoms with Gasteiger partial charge in [-0.1, -0.05) is 24.6 Å². The van der Waals surface area contributed by atoms with Crippen molar-refractivity contribution >= 4 is 28.2 Å². The number of carboxylic acid groups (broad SMARTS) is 1. The number of rotatable bonds is 4. The third-order valence-corrected chi connectivity index (χ3v) is 4.22. The van der Waals surface area contributed by atoms with Crippen molar-refractivity contribution in [2.24, 2.45) is 0 Å². The molecule has 130 valence electrons. The zero-order valence-electron chi connectivity index (χ0n) is 14.1. The summed E-state index contributed by atoms with van der Waals surface area (Å²) in [7, 11) is 0. The molecule has 2 aromatic carbocycles. The topological polar surface area (TPSA) is 82.1 Å². The number of H-pyrrole nitrogens is 1. The number of anilines is 2. The van der Waals surface area contributed by atoms with Gasteiger partial charge in [-0.15, -0.1) is 0 Å². The van der Waals surface area contributed by atoms with E-state index in [9.17, 15) is 9.90 Å². The Hall–Kier alpha value is -4.11. The smallest absolute Gasteiger partial charge is 0.337 e. The normalized spacial score (nSPS) is 10.5. The van der Waals surface area contributed by atoms with Crippen molar-refractivity contribution in [3.63, 3.8) is 0 Å². The maximum Gasteiger partial charge on any atom is 0.337 e. The van der Waals surface area contributed by atoms with Gasteiger partial charge in [-0.3, -0.25) is 15.0 Å². The second kappa shape index (κ2) is 6.65. The maximum absolute atomic E-state index is 11.5. The molecule has 0 aliphatic carbocycles. The van der Waals surface area contributed by atoms with Gasteiger partial charge in [-0.2, -0.15) is 5.10 Å². The van der Waals surface area contributed by atoms with Crippen molar-refractivity contribution in [1.29, 1.82) is 0 Å². The van der Waals surface area contributed by atoms with Gasteiger partial charge in [0.15, 0.2) is 0 Å². The Kier molecular flexibility index (Phi) is 4.03. The molecule has 6 heteroatoms. The van der Waals surface area contributed by atoms with Gasteiger partial charge in [-0.05, 0) is 42.5 Å². The first-order valence-corrected chi connectivity index (χ1v) is 8.17. The standard InChI is InChI=1S/C21H14N4O2/c1-2-25(19-9-4-3-7-16(19)21(26)27)14-10-11-15-18(13-14)23-24-20(15)17-8-5-6-12-22-17/h1,3-13H,(H,23,24)(H,26,27). The van der Waals surface area contributed by atoms with E-state index in [2.05, 4.69) is 21.2 Å². The first kappa shape index (κ1) is 16.4. The molecule has 27 heavy (non-hydrogen) atoms. The summed E-state index contributed by atoms with van der Waals surface area (Å²) in [5.74, 6) is -1.04. The molecule has 0 saturated carbocycles. The first-order valence-electron chi connectivity index (χ1n) is 8.17. The third-order valence-electron chi connectivity index (χ3n) is 4.22. The Morgan fingerprint density at radius 1 is 1.11 bits per heavy atom. The Morgan fingerprint density at radius 3 is 2.67 bits per heavy atom. The lowest BCUT2D eigenvalue weighted by Gasteiger charge is -2.19. The predicted octanol–water partition coefficient (Wildman–Crippen LogP) is 4.05. The van der Waals surface area contributed by atoms with E-state index >= 15 is 0 Å². The second-order valence-corrected chi connectivity index (χ2v) is 5.80. The third kappa shape index (κ3) is 2.87. The van der Waals surface area contributed by atoms with Crippen molar-refractivity contribution in [2.75, 3.05) is 4.90 Å². The molecule has 6 nitrogen and oxygen atoms in total. The minimum absolute atomic E-state index is 0.134. The molecule has 0 unspecified atom stereocenters. The van der Waals surface area contributed by atoms with Crippen LogP contribution in [-0.2, 0) is 0 Å². The molecule has 2 N–H and O–H groups in total. The molecule has 0 radical (unpaired) electrons. The van der Waals surface area contributed by atoms with Gasteiger partial charge in [0, 0.05) is 17.6 Å². The van der Waals surface area contributed by atoms with E-state index in [-0.39, 0.29) is 5.56 Å². The van der Waals surface area contributed by atoms with Crippen LogP contribution in [-0.4, -0.2) is 26.3 Å². The number of hydrogen-bond acceptors (Lipinski definition) is 4. The van der Waals surface area contributed by atoms with E-state index < -0.39 is 5.97 Å². The summed E-state index contributed by atoms with van der Waals surface area (Å²) in [4.78, 5) is 17.4. The van der Waals surface area contributed by atoms with Gasteiger partial charge < -0.3 is 5.11 Å². The summed E-state index contributed by atoms with van der Waals surface area (Å²) in [5, 5.41) is 17.7. The first-order chi connectivity index (χ1) is 13.2. The van der Waals surface area contributed by atoms with Gasteiger partial charge in [0.1, 0.15) is 5.69 Å². The van der Waals surface area contributed by atoms with Crippen LogP contribution in [0.3, 0.4) is 0 Å². The lowest BCUT2D eigenvalue weighted by Crippen LogP contribution is -2.13. The monoisotopic (exact) mass is 354 g/mol. The summed E-state index contributed by atoms with van der Waals surface area (Å²) in [6, 6.07) is 20.4. The number of terminal acetylenes is 1. The average molecular weight is 354 g/mol. The van der Waals surface area contributed by atoms with Crippen LogP contribution in [0.15, 0.2) is 66.9 Å². The molecule has 2 heterocycles. The van der Waals surface area contributed by atoms with Gasteiger partial charge in [0.05, 0.1) is 28.1 Å². The number of nitrogens with zero attached hydrogens (tertiary/aromatic N) is 3. The summed E-state index contributed by atoms with van der Waals surface area (Å²) in [6.07, 6.45) is 7.41. The molecule has 0 saturated heterocycles. The van der Waals surface area contributed by atoms with Crippen LogP contribution in [0.25, 0.3) is 22.3 Å². The summed E-state index contributed by atoms with van der Waals surface area (Å²) >= 11 is 0. The largest absolute Gasteiger partial charge is 0.478 e. The molecule has 0 aliphatic heterocycles. The van der Waals surface area contributed by atoms with Crippen LogP contribution < -0.4 is 4.90 Å². The molecule has 0 amide bonds. The second-order valence-electron chi connectivity index (χ2n) is 5.80. The van der Waals surface area contributed by atoms with E-state index in [1.165, 1.54) is 11.0 Å². The van der Waals surface area contributed by atoms with Crippen LogP contribution in [0.1, 0.15) is 10.4 Å². The van der Waals surface area contributed by atoms with Crippen LogP contribution in [0, 0.1) is 12.5 Å². The number of para-hydroxylation sites is 1. The number of nitrogens with one attached hydrogen (secondary N) is 1. The Balaban J connectivity index is 1.81. The van der Waals surface area contributed by atoms with Gasteiger partial charge >= 0.3 is 5.97 Å². The Morgan fingerprint density at radius 2 is 1.93 bits per heavy atom. The molecule has 0 bridgehead atoms. The number of aromatic nitrogens is 3. The lowest BCUT2D eigenvalue weighted by atomic mass is 10.1. The van der Waals surface area contributed by atoms with E-state index in [1.807, 2.05) is 36.4 Å². The van der Waals surface area contributed by atoms with Crippen molar-refractivity contribution in [2.45, 2.75) is 0 Å². The SMILES string of the molecule is C#CN(c1ccc2c(-c3ccccn3)n[nH]c2c1)c1ccccc1C(=O)O. The van der Waals surface area contributed by atoms with Gasteiger partial charge in [-0.25, -0.2) is 4.79 Å². The minimum atomic E-state index is -1.04. The fourth-order valence-corrected chi connectivity index (χ4v) is 2.98. The quantitative estimate of drug-likeness (QED) is 0.427. The molecule has 0 aliphatic rings. The number of hydrogen-bond donors (Lipinski definition) is 2. The molecular weight excluding hydrogens is 340 g/mol. The number of benzene rings is 2. The van der Waals surface area contributed by atoms with E-state index in [4.69, 9.17) is 6.42 Å². The zero-order valence-corrected chi connectivity index (χ0v) is 14.1. The maximum atomic E-state index is 11.5. The van der Waals surface area contributed by atoms with Gasteiger partial charge in [0.2, 0.25) is 0 Å². The summed E-state index contributed by atoms with van der Waals surface area (Å²) in [5.41, 5.74) is 3.51. The molecule has 0 fully saturated rings. The number of aromatic amines is 1. The van der Waals surface area contributed by atoms with Crippen LogP contribution in [0.2, 0.25) is 0 Å². The van der Waals surface area contributed by atoms with Crippen molar-refractivity contribution in [3.05, 3.63) is 72.4 Å². The Bertz CT molecular complexity index is 1180. The summed E-state index contributed by atoms with van der Waals surface area (Å²) < 4.78 is 0. The van der Waals surface area contributed by atoms with Crippen molar-refractivity contribution in [1.82, 2.24) is 15.2 Å².